The molecule has 0 fully saturated rings. The fourth-order valence-corrected chi connectivity index (χ4v) is 3.78. The minimum absolute atomic E-state index is 0.0323. The van der Waals surface area contributed by atoms with Gasteiger partial charge in [-0.25, -0.2) is 18.4 Å². The van der Waals surface area contributed by atoms with Crippen molar-refractivity contribution in [2.24, 2.45) is 7.05 Å². The highest BCUT2D eigenvalue weighted by Crippen LogP contribution is 2.25. The van der Waals surface area contributed by atoms with Crippen LogP contribution in [0.5, 0.6) is 0 Å². The van der Waals surface area contributed by atoms with Crippen molar-refractivity contribution in [2.75, 3.05) is 7.05 Å². The molecule has 0 unspecified atom stereocenters. The molecule has 0 radical (unpaired) electrons. The lowest BCUT2D eigenvalue weighted by molar-refractivity contribution is 0.304. The van der Waals surface area contributed by atoms with Crippen molar-refractivity contribution in [2.45, 2.75) is 26.9 Å². The number of aromatic nitrogens is 3. The average molecular weight is 390 g/mol. The second kappa shape index (κ2) is 7.66. The molecule has 3 aromatic rings. The zero-order chi connectivity index (χ0) is 19.7. The van der Waals surface area contributed by atoms with E-state index >= 15 is 0 Å². The van der Waals surface area contributed by atoms with Crippen LogP contribution in [-0.4, -0.2) is 26.7 Å². The Kier molecular flexibility index (Phi) is 5.48. The quantitative estimate of drug-likeness (QED) is 0.670. The highest BCUT2D eigenvalue weighted by Gasteiger charge is 2.17. The van der Waals surface area contributed by atoms with Crippen molar-refractivity contribution in [3.63, 3.8) is 0 Å². The van der Waals surface area contributed by atoms with Crippen LogP contribution in [0.15, 0.2) is 28.4 Å². The van der Waals surface area contributed by atoms with E-state index in [1.165, 1.54) is 34.2 Å². The maximum atomic E-state index is 13.8. The van der Waals surface area contributed by atoms with Gasteiger partial charge in [-0.05, 0) is 38.6 Å². The van der Waals surface area contributed by atoms with Gasteiger partial charge in [0.05, 0.1) is 17.0 Å². The molecule has 0 aliphatic rings. The third-order valence-electron chi connectivity index (χ3n) is 4.41. The van der Waals surface area contributed by atoms with Gasteiger partial charge in [0, 0.05) is 31.1 Å². The standard InChI is InChI=1S/C19H20F2N4OS/c1-11-12(2)23-25(4)19(26)17(11)18-22-13(10-27-18)8-24(3)9-14-15(20)6-5-7-16(14)21/h5-7,10H,8-9H2,1-4H3. The summed E-state index contributed by atoms with van der Waals surface area (Å²) >= 11 is 1.38. The van der Waals surface area contributed by atoms with Crippen molar-refractivity contribution in [1.29, 1.82) is 0 Å². The Hall–Kier alpha value is -2.45. The minimum atomic E-state index is -0.563. The fraction of sp³-hybridized carbons (Fsp3) is 0.316. The molecule has 142 valence electrons. The minimum Gasteiger partial charge on any atom is -0.296 e. The Balaban J connectivity index is 1.82. The van der Waals surface area contributed by atoms with E-state index in [-0.39, 0.29) is 17.7 Å². The Bertz CT molecular complexity index is 1020. The van der Waals surface area contributed by atoms with E-state index in [1.54, 1.807) is 19.0 Å². The van der Waals surface area contributed by atoms with Crippen LogP contribution in [0.1, 0.15) is 22.5 Å². The number of benzene rings is 1. The van der Waals surface area contributed by atoms with Crippen LogP contribution in [0.2, 0.25) is 0 Å². The number of aryl methyl sites for hydroxylation is 2. The van der Waals surface area contributed by atoms with Gasteiger partial charge in [-0.2, -0.15) is 5.10 Å². The summed E-state index contributed by atoms with van der Waals surface area (Å²) in [6.45, 7) is 4.24. The third kappa shape index (κ3) is 3.96. The summed E-state index contributed by atoms with van der Waals surface area (Å²) < 4.78 is 28.9. The summed E-state index contributed by atoms with van der Waals surface area (Å²) in [5, 5.41) is 6.66. The number of nitrogens with zero attached hydrogens (tertiary/aromatic N) is 4. The van der Waals surface area contributed by atoms with Crippen LogP contribution >= 0.6 is 11.3 Å². The van der Waals surface area contributed by atoms with Gasteiger partial charge < -0.3 is 0 Å². The lowest BCUT2D eigenvalue weighted by Crippen LogP contribution is -2.23. The summed E-state index contributed by atoms with van der Waals surface area (Å²) in [5.41, 5.74) is 2.71. The molecule has 0 bridgehead atoms. The highest BCUT2D eigenvalue weighted by molar-refractivity contribution is 7.13. The fourth-order valence-electron chi connectivity index (χ4n) is 2.88. The van der Waals surface area contributed by atoms with E-state index in [4.69, 9.17) is 0 Å². The topological polar surface area (TPSA) is 51.0 Å². The van der Waals surface area contributed by atoms with Gasteiger partial charge in [-0.15, -0.1) is 11.3 Å². The second-order valence-electron chi connectivity index (χ2n) is 6.53. The zero-order valence-corrected chi connectivity index (χ0v) is 16.4. The van der Waals surface area contributed by atoms with E-state index in [0.717, 1.165) is 17.0 Å². The smallest absolute Gasteiger partial charge is 0.277 e. The number of halogens is 2. The molecule has 0 amide bonds. The molecule has 5 nitrogen and oxygen atoms in total. The van der Waals surface area contributed by atoms with E-state index < -0.39 is 11.6 Å². The van der Waals surface area contributed by atoms with Crippen molar-refractivity contribution in [3.05, 3.63) is 68.1 Å². The van der Waals surface area contributed by atoms with Gasteiger partial charge in [0.1, 0.15) is 16.6 Å². The first-order valence-electron chi connectivity index (χ1n) is 8.38. The molecule has 27 heavy (non-hydrogen) atoms. The lowest BCUT2D eigenvalue weighted by Gasteiger charge is -2.16. The van der Waals surface area contributed by atoms with Crippen LogP contribution in [0.25, 0.3) is 10.6 Å². The molecular formula is C19H20F2N4OS. The first kappa shape index (κ1) is 19.3. The number of rotatable bonds is 5. The van der Waals surface area contributed by atoms with E-state index in [0.29, 0.717) is 17.1 Å². The monoisotopic (exact) mass is 390 g/mol. The Morgan fingerprint density at radius 3 is 2.52 bits per heavy atom. The molecule has 0 aliphatic heterocycles. The summed E-state index contributed by atoms with van der Waals surface area (Å²) in [5.74, 6) is -1.13. The first-order chi connectivity index (χ1) is 12.8. The van der Waals surface area contributed by atoms with Crippen molar-refractivity contribution >= 4 is 11.3 Å². The van der Waals surface area contributed by atoms with Crippen LogP contribution in [0.4, 0.5) is 8.78 Å². The molecule has 0 N–H and O–H groups in total. The predicted molar refractivity (Wildman–Crippen MR) is 102 cm³/mol. The molecule has 8 heteroatoms. The first-order valence-corrected chi connectivity index (χ1v) is 9.26. The van der Waals surface area contributed by atoms with Crippen molar-refractivity contribution < 1.29 is 8.78 Å². The van der Waals surface area contributed by atoms with Gasteiger partial charge in [-0.1, -0.05) is 6.07 Å². The van der Waals surface area contributed by atoms with E-state index in [1.807, 2.05) is 19.2 Å². The van der Waals surface area contributed by atoms with E-state index in [2.05, 4.69) is 10.1 Å². The number of hydrogen-bond acceptors (Lipinski definition) is 5. The van der Waals surface area contributed by atoms with Gasteiger partial charge in [0.15, 0.2) is 0 Å². The SMILES string of the molecule is Cc1nn(C)c(=O)c(-c2nc(CN(C)Cc3c(F)cccc3F)cs2)c1C. The summed E-state index contributed by atoms with van der Waals surface area (Å²) in [6, 6.07) is 3.84. The highest BCUT2D eigenvalue weighted by atomic mass is 32.1. The molecule has 1 aromatic carbocycles. The molecular weight excluding hydrogens is 370 g/mol. The Morgan fingerprint density at radius 1 is 1.19 bits per heavy atom. The second-order valence-corrected chi connectivity index (χ2v) is 7.39. The van der Waals surface area contributed by atoms with Crippen molar-refractivity contribution in [3.8, 4) is 10.6 Å². The van der Waals surface area contributed by atoms with Crippen molar-refractivity contribution in [1.82, 2.24) is 19.7 Å². The molecule has 0 spiro atoms. The van der Waals surface area contributed by atoms with Crippen LogP contribution in [-0.2, 0) is 20.1 Å². The molecule has 0 atom stereocenters. The predicted octanol–water partition coefficient (Wildman–Crippen LogP) is 3.43. The molecule has 2 aromatic heterocycles. The Labute approximate surface area is 159 Å². The van der Waals surface area contributed by atoms with Crippen LogP contribution < -0.4 is 5.56 Å². The normalized spacial score (nSPS) is 11.4. The van der Waals surface area contributed by atoms with Gasteiger partial charge in [0.25, 0.3) is 5.56 Å². The molecule has 2 heterocycles. The zero-order valence-electron chi connectivity index (χ0n) is 15.6. The lowest BCUT2D eigenvalue weighted by atomic mass is 10.1. The Morgan fingerprint density at radius 2 is 1.85 bits per heavy atom. The third-order valence-corrected chi connectivity index (χ3v) is 5.32. The molecule has 3 rings (SSSR count). The largest absolute Gasteiger partial charge is 0.296 e. The maximum Gasteiger partial charge on any atom is 0.277 e. The molecule has 0 aliphatic carbocycles. The van der Waals surface area contributed by atoms with Crippen LogP contribution in [0, 0.1) is 25.5 Å². The summed E-state index contributed by atoms with van der Waals surface area (Å²) in [6.07, 6.45) is 0. The maximum absolute atomic E-state index is 13.8. The average Bonchev–Trinajstić information content (AvgIpc) is 3.05. The van der Waals surface area contributed by atoms with Gasteiger partial charge >= 0.3 is 0 Å². The summed E-state index contributed by atoms with van der Waals surface area (Å²) in [4.78, 5) is 18.8. The van der Waals surface area contributed by atoms with Gasteiger partial charge in [0.2, 0.25) is 0 Å². The number of hydrogen-bond donors (Lipinski definition) is 0. The molecule has 0 saturated heterocycles. The number of thiazole rings is 1. The van der Waals surface area contributed by atoms with Gasteiger partial charge in [-0.3, -0.25) is 9.69 Å². The van der Waals surface area contributed by atoms with E-state index in [9.17, 15) is 13.6 Å². The summed E-state index contributed by atoms with van der Waals surface area (Å²) in [7, 11) is 3.38. The van der Waals surface area contributed by atoms with Crippen LogP contribution in [0.3, 0.4) is 0 Å². The molecule has 0 saturated carbocycles.